The highest BCUT2D eigenvalue weighted by Crippen LogP contribution is 2.23. The number of nitrogens with zero attached hydrogens (tertiary/aromatic N) is 4. The number of piperidine rings is 1. The molecule has 0 aromatic heterocycles. The molecule has 3 heterocycles. The number of anilines is 1. The minimum absolute atomic E-state index is 0.0945. The number of benzene rings is 1. The second-order valence-corrected chi connectivity index (χ2v) is 8.72. The minimum atomic E-state index is -0.0945. The summed E-state index contributed by atoms with van der Waals surface area (Å²) in [5.74, 6) is 0.0501. The van der Waals surface area contributed by atoms with Crippen LogP contribution in [0.2, 0.25) is 0 Å². The largest absolute Gasteiger partial charge is 0.378 e. The Balaban J connectivity index is 1.31. The van der Waals surface area contributed by atoms with Gasteiger partial charge in [-0.1, -0.05) is 12.1 Å². The first-order valence-electron chi connectivity index (χ1n) is 11.3. The van der Waals surface area contributed by atoms with Crippen LogP contribution in [0.25, 0.3) is 0 Å². The number of hydrogen-bond donors (Lipinski definition) is 0. The second kappa shape index (κ2) is 9.69. The first-order valence-corrected chi connectivity index (χ1v) is 11.3. The molecule has 0 N–H and O–H groups in total. The van der Waals surface area contributed by atoms with Crippen molar-refractivity contribution in [2.75, 3.05) is 64.4 Å². The van der Waals surface area contributed by atoms with Crippen LogP contribution in [0.1, 0.15) is 31.2 Å². The van der Waals surface area contributed by atoms with E-state index in [1.165, 1.54) is 5.69 Å². The molecule has 7 heteroatoms. The predicted molar refractivity (Wildman–Crippen MR) is 116 cm³/mol. The van der Waals surface area contributed by atoms with Gasteiger partial charge in [-0.15, -0.1) is 0 Å². The Bertz CT molecular complexity index is 726. The van der Waals surface area contributed by atoms with Crippen LogP contribution in [0.3, 0.4) is 0 Å². The lowest BCUT2D eigenvalue weighted by Crippen LogP contribution is -2.49. The molecule has 7 nitrogen and oxygen atoms in total. The summed E-state index contributed by atoms with van der Waals surface area (Å²) in [6, 6.07) is 8.61. The van der Waals surface area contributed by atoms with Gasteiger partial charge in [-0.3, -0.25) is 4.79 Å². The molecule has 3 fully saturated rings. The quantitative estimate of drug-likeness (QED) is 0.759. The van der Waals surface area contributed by atoms with Gasteiger partial charge in [0.2, 0.25) is 5.91 Å². The van der Waals surface area contributed by atoms with E-state index in [-0.39, 0.29) is 17.9 Å². The van der Waals surface area contributed by atoms with Gasteiger partial charge in [0.05, 0.1) is 19.1 Å². The maximum Gasteiger partial charge on any atom is 0.320 e. The highest BCUT2D eigenvalue weighted by Gasteiger charge is 2.32. The Morgan fingerprint density at radius 1 is 0.967 bits per heavy atom. The van der Waals surface area contributed by atoms with Crippen LogP contribution in [0.5, 0.6) is 0 Å². The Hall–Kier alpha value is -2.28. The van der Waals surface area contributed by atoms with Crippen LogP contribution in [0.15, 0.2) is 24.3 Å². The van der Waals surface area contributed by atoms with Crippen molar-refractivity contribution in [2.24, 2.45) is 5.92 Å². The molecule has 0 radical (unpaired) electrons. The number of amides is 3. The molecule has 0 spiro atoms. The molecule has 0 aliphatic carbocycles. The lowest BCUT2D eigenvalue weighted by atomic mass is 9.96. The Kier molecular flexibility index (Phi) is 6.77. The van der Waals surface area contributed by atoms with Gasteiger partial charge in [0.15, 0.2) is 0 Å². The van der Waals surface area contributed by atoms with E-state index in [9.17, 15) is 9.59 Å². The molecule has 3 aliphatic heterocycles. The number of hydrogen-bond acceptors (Lipinski definition) is 4. The van der Waals surface area contributed by atoms with Gasteiger partial charge in [-0.05, 0) is 43.4 Å². The zero-order valence-electron chi connectivity index (χ0n) is 18.1. The molecular formula is C23H34N4O3. The van der Waals surface area contributed by atoms with E-state index in [0.717, 1.165) is 77.2 Å². The maximum atomic E-state index is 13.1. The molecular weight excluding hydrogens is 380 g/mol. The maximum absolute atomic E-state index is 13.1. The fourth-order valence-corrected chi connectivity index (χ4v) is 4.76. The molecule has 1 atom stereocenters. The topological polar surface area (TPSA) is 56.3 Å². The van der Waals surface area contributed by atoms with Crippen molar-refractivity contribution in [1.82, 2.24) is 14.7 Å². The van der Waals surface area contributed by atoms with Crippen LogP contribution in [0, 0.1) is 5.92 Å². The molecule has 1 aromatic rings. The Labute approximate surface area is 179 Å². The van der Waals surface area contributed by atoms with Crippen LogP contribution in [-0.4, -0.2) is 86.2 Å². The van der Waals surface area contributed by atoms with Gasteiger partial charge in [0.25, 0.3) is 0 Å². The molecule has 3 saturated heterocycles. The van der Waals surface area contributed by atoms with Crippen LogP contribution < -0.4 is 4.90 Å². The summed E-state index contributed by atoms with van der Waals surface area (Å²) < 4.78 is 5.42. The van der Waals surface area contributed by atoms with Crippen LogP contribution >= 0.6 is 0 Å². The molecule has 164 valence electrons. The summed E-state index contributed by atoms with van der Waals surface area (Å²) in [5.41, 5.74) is 2.34. The van der Waals surface area contributed by atoms with Crippen molar-refractivity contribution in [3.05, 3.63) is 29.8 Å². The molecule has 30 heavy (non-hydrogen) atoms. The monoisotopic (exact) mass is 414 g/mol. The Morgan fingerprint density at radius 2 is 1.63 bits per heavy atom. The summed E-state index contributed by atoms with van der Waals surface area (Å²) in [7, 11) is 1.87. The van der Waals surface area contributed by atoms with E-state index in [1.807, 2.05) is 21.7 Å². The van der Waals surface area contributed by atoms with Gasteiger partial charge in [-0.2, -0.15) is 0 Å². The third-order valence-corrected chi connectivity index (χ3v) is 6.53. The first-order chi connectivity index (χ1) is 14.6. The van der Waals surface area contributed by atoms with Crippen molar-refractivity contribution in [3.8, 4) is 0 Å². The lowest BCUT2D eigenvalue weighted by molar-refractivity contribution is -0.136. The summed E-state index contributed by atoms with van der Waals surface area (Å²) in [6.45, 7) is 7.02. The summed E-state index contributed by atoms with van der Waals surface area (Å²) in [5, 5.41) is 0. The van der Waals surface area contributed by atoms with E-state index in [4.69, 9.17) is 4.74 Å². The van der Waals surface area contributed by atoms with Crippen molar-refractivity contribution >= 4 is 17.6 Å². The zero-order chi connectivity index (χ0) is 20.9. The zero-order valence-corrected chi connectivity index (χ0v) is 18.1. The molecule has 4 rings (SSSR count). The van der Waals surface area contributed by atoms with Gasteiger partial charge < -0.3 is 24.3 Å². The smallest absolute Gasteiger partial charge is 0.320 e. The highest BCUT2D eigenvalue weighted by atomic mass is 16.5. The Morgan fingerprint density at radius 3 is 2.33 bits per heavy atom. The molecule has 3 amide bonds. The first kappa shape index (κ1) is 21.0. The molecule has 0 bridgehead atoms. The van der Waals surface area contributed by atoms with Crippen LogP contribution in [0.4, 0.5) is 10.5 Å². The number of ether oxygens (including phenoxy) is 1. The SMILES string of the molecule is CN(Cc1ccc(N2CCOCC2)cc1)C(=O)C1CCCN(C(=O)N2CCCC2)C1. The fraction of sp³-hybridized carbons (Fsp3) is 0.652. The third-order valence-electron chi connectivity index (χ3n) is 6.53. The predicted octanol–water partition coefficient (Wildman–Crippen LogP) is 2.41. The number of rotatable bonds is 4. The summed E-state index contributed by atoms with van der Waals surface area (Å²) >= 11 is 0. The number of morpholine rings is 1. The number of carbonyl (C=O) groups excluding carboxylic acids is 2. The van der Waals surface area contributed by atoms with Gasteiger partial charge >= 0.3 is 6.03 Å². The molecule has 3 aliphatic rings. The summed E-state index contributed by atoms with van der Waals surface area (Å²) in [4.78, 5) is 33.7. The highest BCUT2D eigenvalue weighted by molar-refractivity contribution is 5.81. The third kappa shape index (κ3) is 4.89. The van der Waals surface area contributed by atoms with Gasteiger partial charge in [0.1, 0.15) is 0 Å². The van der Waals surface area contributed by atoms with Crippen molar-refractivity contribution in [2.45, 2.75) is 32.2 Å². The number of carbonyl (C=O) groups is 2. The van der Waals surface area contributed by atoms with E-state index in [1.54, 1.807) is 0 Å². The number of urea groups is 1. The molecule has 1 aromatic carbocycles. The summed E-state index contributed by atoms with van der Waals surface area (Å²) in [6.07, 6.45) is 3.95. The molecule has 1 unspecified atom stereocenters. The van der Waals surface area contributed by atoms with Crippen LogP contribution in [-0.2, 0) is 16.1 Å². The minimum Gasteiger partial charge on any atom is -0.378 e. The average Bonchev–Trinajstić information content (AvgIpc) is 3.34. The van der Waals surface area contributed by atoms with E-state index >= 15 is 0 Å². The molecule has 0 saturated carbocycles. The lowest BCUT2D eigenvalue weighted by Gasteiger charge is -2.36. The van der Waals surface area contributed by atoms with Crippen molar-refractivity contribution < 1.29 is 14.3 Å². The second-order valence-electron chi connectivity index (χ2n) is 8.72. The number of likely N-dealkylation sites (tertiary alicyclic amines) is 2. The van der Waals surface area contributed by atoms with Gasteiger partial charge in [-0.25, -0.2) is 4.79 Å². The normalized spacial score (nSPS) is 22.3. The van der Waals surface area contributed by atoms with E-state index in [0.29, 0.717) is 13.1 Å². The van der Waals surface area contributed by atoms with Crippen molar-refractivity contribution in [1.29, 1.82) is 0 Å². The van der Waals surface area contributed by atoms with E-state index < -0.39 is 0 Å². The fourth-order valence-electron chi connectivity index (χ4n) is 4.76. The van der Waals surface area contributed by atoms with E-state index in [2.05, 4.69) is 29.2 Å². The van der Waals surface area contributed by atoms with Gasteiger partial charge in [0, 0.05) is 58.5 Å². The van der Waals surface area contributed by atoms with Crippen molar-refractivity contribution in [3.63, 3.8) is 0 Å². The standard InChI is InChI=1S/C23H34N4O3/c1-24(17-19-6-8-21(9-7-19)25-13-15-30-16-14-25)22(28)20-5-4-12-27(18-20)23(29)26-10-2-3-11-26/h6-9,20H,2-5,10-18H2,1H3. The average molecular weight is 415 g/mol.